The first kappa shape index (κ1) is 17.7. The summed E-state index contributed by atoms with van der Waals surface area (Å²) < 4.78 is 11.0. The van der Waals surface area contributed by atoms with Gasteiger partial charge in [0.1, 0.15) is 0 Å². The molecule has 2 heterocycles. The topological polar surface area (TPSA) is 81.2 Å². The maximum absolute atomic E-state index is 12.8. The second kappa shape index (κ2) is 7.92. The molecule has 1 N–H and O–H groups in total. The molecule has 0 aliphatic carbocycles. The van der Waals surface area contributed by atoms with Crippen molar-refractivity contribution in [3.63, 3.8) is 0 Å². The van der Waals surface area contributed by atoms with Crippen molar-refractivity contribution in [2.24, 2.45) is 0 Å². The molecule has 1 atom stereocenters. The fraction of sp³-hybridized carbons (Fsp3) is 0.136. The normalized spacial score (nSPS) is 11.9. The lowest BCUT2D eigenvalue weighted by Gasteiger charge is -2.15. The molecule has 2 aromatic heterocycles. The van der Waals surface area contributed by atoms with Gasteiger partial charge in [0.2, 0.25) is 11.8 Å². The van der Waals surface area contributed by atoms with Crippen molar-refractivity contribution in [1.29, 1.82) is 0 Å². The van der Waals surface area contributed by atoms with Gasteiger partial charge >= 0.3 is 0 Å². The van der Waals surface area contributed by atoms with Gasteiger partial charge in [-0.05, 0) is 42.3 Å². The fourth-order valence-corrected chi connectivity index (χ4v) is 3.06. The van der Waals surface area contributed by atoms with Gasteiger partial charge in [-0.3, -0.25) is 4.79 Å². The van der Waals surface area contributed by atoms with Gasteiger partial charge in [-0.2, -0.15) is 0 Å². The molecule has 0 aliphatic rings. The number of rotatable bonds is 6. The van der Waals surface area contributed by atoms with Crippen LogP contribution in [0.15, 0.2) is 81.8 Å². The molecule has 0 unspecified atom stereocenters. The molecule has 0 saturated heterocycles. The molecule has 140 valence electrons. The van der Waals surface area contributed by atoms with Crippen LogP contribution in [-0.2, 0) is 4.79 Å². The maximum Gasteiger partial charge on any atom is 0.283 e. The van der Waals surface area contributed by atoms with Gasteiger partial charge in [0.05, 0.1) is 12.2 Å². The van der Waals surface area contributed by atoms with Crippen molar-refractivity contribution < 1.29 is 13.6 Å². The number of aromatic nitrogens is 2. The zero-order valence-electron chi connectivity index (χ0n) is 15.3. The molecule has 6 heteroatoms. The van der Waals surface area contributed by atoms with Crippen LogP contribution in [0.4, 0.5) is 5.69 Å². The molecule has 0 bridgehead atoms. The molecule has 4 rings (SSSR count). The summed E-state index contributed by atoms with van der Waals surface area (Å²) in [5.41, 5.74) is 2.39. The SMILES string of the molecule is CC[C@@H](C(=O)Nc1cccc(-c2nnc(-c3ccco3)o2)c1)c1ccccc1. The Balaban J connectivity index is 1.53. The molecule has 0 spiro atoms. The zero-order valence-corrected chi connectivity index (χ0v) is 15.3. The van der Waals surface area contributed by atoms with Crippen molar-refractivity contribution in [3.05, 3.63) is 78.6 Å². The van der Waals surface area contributed by atoms with E-state index in [2.05, 4.69) is 15.5 Å². The van der Waals surface area contributed by atoms with Gasteiger partial charge in [0.15, 0.2) is 5.76 Å². The Labute approximate surface area is 162 Å². The van der Waals surface area contributed by atoms with E-state index in [1.165, 1.54) is 0 Å². The van der Waals surface area contributed by atoms with Crippen LogP contribution in [0.1, 0.15) is 24.8 Å². The molecule has 28 heavy (non-hydrogen) atoms. The van der Waals surface area contributed by atoms with Crippen LogP contribution in [-0.4, -0.2) is 16.1 Å². The number of hydrogen-bond donors (Lipinski definition) is 1. The quantitative estimate of drug-likeness (QED) is 0.507. The summed E-state index contributed by atoms with van der Waals surface area (Å²) in [6, 6.07) is 20.6. The molecule has 0 saturated carbocycles. The third-order valence-electron chi connectivity index (χ3n) is 4.46. The van der Waals surface area contributed by atoms with Gasteiger partial charge in [-0.15, -0.1) is 10.2 Å². The van der Waals surface area contributed by atoms with Crippen molar-refractivity contribution >= 4 is 11.6 Å². The summed E-state index contributed by atoms with van der Waals surface area (Å²) in [6.07, 6.45) is 2.26. The van der Waals surface area contributed by atoms with E-state index in [0.29, 0.717) is 29.6 Å². The summed E-state index contributed by atoms with van der Waals surface area (Å²) >= 11 is 0. The first-order valence-electron chi connectivity index (χ1n) is 9.08. The summed E-state index contributed by atoms with van der Waals surface area (Å²) in [7, 11) is 0. The van der Waals surface area contributed by atoms with E-state index in [4.69, 9.17) is 8.83 Å². The predicted octanol–water partition coefficient (Wildman–Crippen LogP) is 5.13. The number of benzene rings is 2. The smallest absolute Gasteiger partial charge is 0.283 e. The Hall–Kier alpha value is -3.67. The molecular weight excluding hydrogens is 354 g/mol. The van der Waals surface area contributed by atoms with Crippen LogP contribution in [0.3, 0.4) is 0 Å². The van der Waals surface area contributed by atoms with Gasteiger partial charge in [-0.1, -0.05) is 43.3 Å². The van der Waals surface area contributed by atoms with E-state index in [-0.39, 0.29) is 11.8 Å². The Kier molecular flexibility index (Phi) is 5.01. The first-order valence-corrected chi connectivity index (χ1v) is 9.08. The number of furan rings is 1. The van der Waals surface area contributed by atoms with Crippen molar-refractivity contribution in [2.75, 3.05) is 5.32 Å². The third-order valence-corrected chi connectivity index (χ3v) is 4.46. The van der Waals surface area contributed by atoms with E-state index < -0.39 is 0 Å². The number of nitrogens with one attached hydrogen (secondary N) is 1. The molecular formula is C22H19N3O3. The van der Waals surface area contributed by atoms with Crippen LogP contribution < -0.4 is 5.32 Å². The summed E-state index contributed by atoms with van der Waals surface area (Å²) in [6.45, 7) is 2.00. The maximum atomic E-state index is 12.8. The highest BCUT2D eigenvalue weighted by Gasteiger charge is 2.19. The van der Waals surface area contributed by atoms with E-state index in [1.807, 2.05) is 61.5 Å². The number of carbonyl (C=O) groups excluding carboxylic acids is 1. The van der Waals surface area contributed by atoms with Gasteiger partial charge < -0.3 is 14.2 Å². The second-order valence-corrected chi connectivity index (χ2v) is 6.33. The molecule has 4 aromatic rings. The van der Waals surface area contributed by atoms with Gasteiger partial charge in [-0.25, -0.2) is 0 Å². The van der Waals surface area contributed by atoms with E-state index in [1.54, 1.807) is 18.4 Å². The number of anilines is 1. The lowest BCUT2D eigenvalue weighted by molar-refractivity contribution is -0.117. The van der Waals surface area contributed by atoms with Gasteiger partial charge in [0, 0.05) is 11.3 Å². The number of amides is 1. The summed E-state index contributed by atoms with van der Waals surface area (Å²) in [5.74, 6) is 0.922. The standard InChI is InChI=1S/C22H19N3O3/c1-2-18(15-8-4-3-5-9-15)20(26)23-17-11-6-10-16(14-17)21-24-25-22(28-21)19-12-7-13-27-19/h3-14,18H,2H2,1H3,(H,23,26)/t18-/m1/s1. The van der Waals surface area contributed by atoms with Gasteiger partial charge in [0.25, 0.3) is 5.89 Å². The lowest BCUT2D eigenvalue weighted by atomic mass is 9.95. The molecule has 0 radical (unpaired) electrons. The highest BCUT2D eigenvalue weighted by molar-refractivity contribution is 5.96. The first-order chi connectivity index (χ1) is 13.7. The lowest BCUT2D eigenvalue weighted by Crippen LogP contribution is -2.20. The highest BCUT2D eigenvalue weighted by Crippen LogP contribution is 2.27. The Morgan fingerprint density at radius 3 is 2.57 bits per heavy atom. The van der Waals surface area contributed by atoms with E-state index in [0.717, 1.165) is 11.1 Å². The minimum Gasteiger partial charge on any atom is -0.459 e. The monoisotopic (exact) mass is 373 g/mol. The molecule has 1 amide bonds. The predicted molar refractivity (Wildman–Crippen MR) is 106 cm³/mol. The number of carbonyl (C=O) groups is 1. The minimum absolute atomic E-state index is 0.0485. The van der Waals surface area contributed by atoms with Crippen molar-refractivity contribution in [3.8, 4) is 23.1 Å². The largest absolute Gasteiger partial charge is 0.459 e. The Bertz CT molecular complexity index is 1060. The van der Waals surface area contributed by atoms with Crippen LogP contribution in [0, 0.1) is 0 Å². The average Bonchev–Trinajstić information content (AvgIpc) is 3.41. The number of hydrogen-bond acceptors (Lipinski definition) is 5. The molecule has 0 fully saturated rings. The fourth-order valence-electron chi connectivity index (χ4n) is 3.06. The second-order valence-electron chi connectivity index (χ2n) is 6.33. The van der Waals surface area contributed by atoms with Crippen LogP contribution in [0.5, 0.6) is 0 Å². The summed E-state index contributed by atoms with van der Waals surface area (Å²) in [4.78, 5) is 12.8. The third kappa shape index (κ3) is 3.71. The van der Waals surface area contributed by atoms with Crippen molar-refractivity contribution in [2.45, 2.75) is 19.3 Å². The molecule has 0 aliphatic heterocycles. The molecule has 6 nitrogen and oxygen atoms in total. The van der Waals surface area contributed by atoms with E-state index >= 15 is 0 Å². The Morgan fingerprint density at radius 1 is 1.00 bits per heavy atom. The summed E-state index contributed by atoms with van der Waals surface area (Å²) in [5, 5.41) is 11.1. The van der Waals surface area contributed by atoms with Crippen LogP contribution in [0.2, 0.25) is 0 Å². The average molecular weight is 373 g/mol. The van der Waals surface area contributed by atoms with Crippen LogP contribution in [0.25, 0.3) is 23.1 Å². The molecule has 2 aromatic carbocycles. The van der Waals surface area contributed by atoms with Crippen LogP contribution >= 0.6 is 0 Å². The zero-order chi connectivity index (χ0) is 19.3. The van der Waals surface area contributed by atoms with E-state index in [9.17, 15) is 4.79 Å². The Morgan fingerprint density at radius 2 is 1.82 bits per heavy atom. The minimum atomic E-state index is -0.209. The number of nitrogens with zero attached hydrogens (tertiary/aromatic N) is 2. The highest BCUT2D eigenvalue weighted by atomic mass is 16.4. The van der Waals surface area contributed by atoms with Crippen molar-refractivity contribution in [1.82, 2.24) is 10.2 Å².